The lowest BCUT2D eigenvalue weighted by atomic mass is 9.48. The summed E-state index contributed by atoms with van der Waals surface area (Å²) in [6.45, 7) is 1.58. The van der Waals surface area contributed by atoms with E-state index in [9.17, 15) is 79.0 Å². The van der Waals surface area contributed by atoms with Crippen molar-refractivity contribution < 1.29 is 83.4 Å². The van der Waals surface area contributed by atoms with E-state index in [1.807, 2.05) is 0 Å². The van der Waals surface area contributed by atoms with Crippen molar-refractivity contribution in [2.75, 3.05) is 0 Å². The molecule has 0 aliphatic heterocycles. The molecule has 2 aliphatic rings. The van der Waals surface area contributed by atoms with E-state index in [-0.39, 0.29) is 0 Å². The Labute approximate surface area is 162 Å². The average Bonchev–Trinajstić information content (AvgIpc) is 2.60. The highest BCUT2D eigenvalue weighted by atomic mass is 19.4. The molecule has 2 fully saturated rings. The Balaban J connectivity index is 3.37. The molecule has 32 heavy (non-hydrogen) atoms. The summed E-state index contributed by atoms with van der Waals surface area (Å²) in [6, 6.07) is 0. The summed E-state index contributed by atoms with van der Waals surface area (Å²) in [7, 11) is 0. The molecule has 2 aliphatic carbocycles. The van der Waals surface area contributed by atoms with Crippen molar-refractivity contribution in [1.29, 1.82) is 0 Å². The van der Waals surface area contributed by atoms with Crippen molar-refractivity contribution in [1.82, 2.24) is 0 Å². The Morgan fingerprint density at radius 2 is 0.781 bits per heavy atom. The summed E-state index contributed by atoms with van der Waals surface area (Å²) >= 11 is 0. The maximum absolute atomic E-state index is 15.0. The highest BCUT2D eigenvalue weighted by molar-refractivity contribution is 5.48. The Bertz CT molecular complexity index is 839. The molecule has 0 spiro atoms. The van der Waals surface area contributed by atoms with E-state index >= 15 is 4.39 Å². The van der Waals surface area contributed by atoms with Crippen LogP contribution in [0.25, 0.3) is 0 Å². The first-order chi connectivity index (χ1) is 13.6. The zero-order valence-corrected chi connectivity index (χ0v) is 14.0. The fourth-order valence-electron chi connectivity index (χ4n) is 3.68. The monoisotopic (exact) mass is 520 g/mol. The Morgan fingerprint density at radius 1 is 0.438 bits per heavy atom. The molecule has 0 bridgehead atoms. The second-order valence-corrected chi connectivity index (χ2v) is 6.84. The molecule has 188 valence electrons. The number of rotatable bonds is 1. The van der Waals surface area contributed by atoms with Gasteiger partial charge in [0.1, 0.15) is 0 Å². The van der Waals surface area contributed by atoms with E-state index in [1.165, 1.54) is 0 Å². The van der Waals surface area contributed by atoms with Crippen LogP contribution in [0.15, 0.2) is 12.7 Å². The quantitative estimate of drug-likeness (QED) is 0.277. The van der Waals surface area contributed by atoms with Gasteiger partial charge in [0.15, 0.2) is 0 Å². The highest BCUT2D eigenvalue weighted by Gasteiger charge is 3.15. The van der Waals surface area contributed by atoms with Crippen LogP contribution in [0.3, 0.4) is 0 Å². The molecule has 0 heterocycles. The number of hydrogen-bond acceptors (Lipinski definition) is 0. The molecule has 0 N–H and O–H groups in total. The summed E-state index contributed by atoms with van der Waals surface area (Å²) in [6.07, 6.45) is -10.3. The SMILES string of the molecule is C=CC1(F)C(F)(F)C(F)(F)C(F)(F)C2(F)C(F)(F)C(F)(F)C(F)(C(F)(F)F)C(F)(F)C12F. The Kier molecular flexibility index (Phi) is 4.62. The molecular formula is C13H3F19. The van der Waals surface area contributed by atoms with E-state index < -0.39 is 70.5 Å². The lowest BCUT2D eigenvalue weighted by Crippen LogP contribution is -3.00. The van der Waals surface area contributed by atoms with Crippen LogP contribution in [0.1, 0.15) is 0 Å². The van der Waals surface area contributed by atoms with Crippen LogP contribution in [0.2, 0.25) is 0 Å². The van der Waals surface area contributed by atoms with Gasteiger partial charge in [-0.3, -0.25) is 0 Å². The number of fused-ring (bicyclic) bond motifs is 1. The smallest absolute Gasteiger partial charge is 0.229 e. The van der Waals surface area contributed by atoms with Gasteiger partial charge in [0.05, 0.1) is 0 Å². The molecular weight excluding hydrogens is 517 g/mol. The van der Waals surface area contributed by atoms with Crippen LogP contribution in [0, 0.1) is 0 Å². The average molecular weight is 520 g/mol. The van der Waals surface area contributed by atoms with Gasteiger partial charge in [-0.05, 0) is 6.08 Å². The Hall–Kier alpha value is -1.59. The zero-order valence-electron chi connectivity index (χ0n) is 14.0. The third kappa shape index (κ3) is 1.78. The largest absolute Gasteiger partial charge is 0.435 e. The summed E-state index contributed by atoms with van der Waals surface area (Å²) in [4.78, 5) is 0. The van der Waals surface area contributed by atoms with Crippen LogP contribution in [0.4, 0.5) is 83.4 Å². The first kappa shape index (κ1) is 26.7. The van der Waals surface area contributed by atoms with Crippen LogP contribution in [0.5, 0.6) is 0 Å². The molecule has 2 saturated carbocycles. The first-order valence-corrected chi connectivity index (χ1v) is 7.29. The van der Waals surface area contributed by atoms with Gasteiger partial charge in [0.25, 0.3) is 11.3 Å². The van der Waals surface area contributed by atoms with E-state index in [1.54, 1.807) is 6.58 Å². The van der Waals surface area contributed by atoms with Crippen LogP contribution in [-0.4, -0.2) is 64.4 Å². The summed E-state index contributed by atoms with van der Waals surface area (Å²) in [5.41, 5.74) is -33.2. The lowest BCUT2D eigenvalue weighted by Gasteiger charge is -2.66. The van der Waals surface area contributed by atoms with Crippen molar-refractivity contribution in [3.05, 3.63) is 12.7 Å². The number of allylic oxidation sites excluding steroid dienone is 1. The minimum absolute atomic E-state index is 1.58. The van der Waals surface area contributed by atoms with Gasteiger partial charge in [-0.15, -0.1) is 0 Å². The third-order valence-corrected chi connectivity index (χ3v) is 5.45. The first-order valence-electron chi connectivity index (χ1n) is 7.29. The predicted octanol–water partition coefficient (Wildman–Crippen LogP) is 6.41. The van der Waals surface area contributed by atoms with Gasteiger partial charge in [-0.1, -0.05) is 6.58 Å². The van der Waals surface area contributed by atoms with Crippen LogP contribution < -0.4 is 0 Å². The van der Waals surface area contributed by atoms with E-state index in [0.717, 1.165) is 0 Å². The summed E-state index contributed by atoms with van der Waals surface area (Å²) < 4.78 is 263. The number of hydrogen-bond donors (Lipinski definition) is 0. The normalized spacial score (nSPS) is 45.6. The molecule has 19 heteroatoms. The molecule has 0 amide bonds. The molecule has 2 rings (SSSR count). The zero-order chi connectivity index (χ0) is 26.2. The second kappa shape index (κ2) is 5.55. The predicted molar refractivity (Wildman–Crippen MR) is 61.3 cm³/mol. The molecule has 0 aromatic heterocycles. The maximum atomic E-state index is 15.0. The van der Waals surface area contributed by atoms with Crippen LogP contribution >= 0.6 is 0 Å². The molecule has 4 atom stereocenters. The third-order valence-electron chi connectivity index (χ3n) is 5.45. The summed E-state index contributed by atoms with van der Waals surface area (Å²) in [5.74, 6) is -50.5. The second-order valence-electron chi connectivity index (χ2n) is 6.84. The van der Waals surface area contributed by atoms with Crippen molar-refractivity contribution in [2.45, 2.75) is 64.4 Å². The molecule has 0 radical (unpaired) electrons. The molecule has 0 saturated heterocycles. The van der Waals surface area contributed by atoms with E-state index in [2.05, 4.69) is 0 Å². The van der Waals surface area contributed by atoms with Gasteiger partial charge < -0.3 is 0 Å². The number of alkyl halides is 19. The Morgan fingerprint density at radius 3 is 1.09 bits per heavy atom. The van der Waals surface area contributed by atoms with Crippen LogP contribution in [-0.2, 0) is 0 Å². The van der Waals surface area contributed by atoms with Gasteiger partial charge >= 0.3 is 47.4 Å². The van der Waals surface area contributed by atoms with Gasteiger partial charge in [-0.2, -0.15) is 65.9 Å². The minimum atomic E-state index is -8.69. The van der Waals surface area contributed by atoms with Crippen molar-refractivity contribution in [3.63, 3.8) is 0 Å². The van der Waals surface area contributed by atoms with Crippen molar-refractivity contribution >= 4 is 0 Å². The molecule has 0 nitrogen and oxygen atoms in total. The molecule has 4 unspecified atom stereocenters. The molecule has 0 aromatic rings. The number of halogens is 19. The van der Waals surface area contributed by atoms with Crippen molar-refractivity contribution in [2.24, 2.45) is 0 Å². The summed E-state index contributed by atoms with van der Waals surface area (Å²) in [5, 5.41) is 0. The topological polar surface area (TPSA) is 0 Å². The highest BCUT2D eigenvalue weighted by Crippen LogP contribution is 2.82. The van der Waals surface area contributed by atoms with Gasteiger partial charge in [-0.25, -0.2) is 17.6 Å². The van der Waals surface area contributed by atoms with Gasteiger partial charge in [0.2, 0.25) is 5.67 Å². The van der Waals surface area contributed by atoms with Crippen molar-refractivity contribution in [3.8, 4) is 0 Å². The van der Waals surface area contributed by atoms with E-state index in [4.69, 9.17) is 0 Å². The molecule has 0 aromatic carbocycles. The van der Waals surface area contributed by atoms with E-state index in [0.29, 0.717) is 0 Å². The van der Waals surface area contributed by atoms with Gasteiger partial charge in [0, 0.05) is 0 Å². The standard InChI is InChI=1S/C13H3F19/c1-2-3(14)4(15)5(16,10(24,25)12(28,29)7(3,18)19)9(22,23)11(26,27)6(17,8(4,20)21)13(30,31)32/h2H,1H2. The fourth-order valence-corrected chi connectivity index (χ4v) is 3.68. The minimum Gasteiger partial charge on any atom is -0.229 e. The maximum Gasteiger partial charge on any atom is 0.435 e. The fraction of sp³-hybridized carbons (Fsp3) is 0.846. The lowest BCUT2D eigenvalue weighted by molar-refractivity contribution is -0.547.